The molecule has 0 fully saturated rings. The Morgan fingerprint density at radius 3 is 2.00 bits per heavy atom. The Bertz CT molecular complexity index is 254. The van der Waals surface area contributed by atoms with E-state index in [1.165, 1.54) is 14.2 Å². The molecule has 0 unspecified atom stereocenters. The number of aliphatic imine (C=N–C) groups is 1. The molecule has 0 radical (unpaired) electrons. The zero-order valence-corrected chi connectivity index (χ0v) is 7.50. The van der Waals surface area contributed by atoms with Gasteiger partial charge in [-0.3, -0.25) is 5.41 Å². The van der Waals surface area contributed by atoms with Crippen LogP contribution < -0.4 is 17.2 Å². The van der Waals surface area contributed by atoms with Gasteiger partial charge in [-0.05, 0) is 0 Å². The van der Waals surface area contributed by atoms with Gasteiger partial charge >= 0.3 is 0 Å². The SMILES string of the molecule is COC(=N)C(N=C(N)N)=C(N)OC. The molecule has 0 aliphatic rings. The maximum Gasteiger partial charge on any atom is 0.237 e. The minimum Gasteiger partial charge on any atom is -0.481 e. The van der Waals surface area contributed by atoms with Gasteiger partial charge in [-0.1, -0.05) is 0 Å². The van der Waals surface area contributed by atoms with Crippen LogP contribution in [-0.2, 0) is 9.47 Å². The first kappa shape index (κ1) is 11.1. The third-order valence-electron chi connectivity index (χ3n) is 1.11. The largest absolute Gasteiger partial charge is 0.481 e. The maximum atomic E-state index is 7.26. The Hall–Kier alpha value is -1.92. The molecule has 0 atom stereocenters. The van der Waals surface area contributed by atoms with Gasteiger partial charge in [-0.25, -0.2) is 4.99 Å². The van der Waals surface area contributed by atoms with E-state index >= 15 is 0 Å². The van der Waals surface area contributed by atoms with Gasteiger partial charge in [-0.2, -0.15) is 0 Å². The monoisotopic (exact) mass is 187 g/mol. The standard InChI is InChI=1S/C6H13N5O2/c1-12-4(7)3(5(8)13-2)11-6(9)10/h7H,8H2,1-2H3,(H4,9,10,11). The van der Waals surface area contributed by atoms with Crippen molar-refractivity contribution in [1.29, 1.82) is 5.41 Å². The van der Waals surface area contributed by atoms with Crippen molar-refractivity contribution in [3.05, 3.63) is 11.6 Å². The van der Waals surface area contributed by atoms with Crippen LogP contribution in [0.2, 0.25) is 0 Å². The number of hydrogen-bond acceptors (Lipinski definition) is 5. The molecular weight excluding hydrogens is 174 g/mol. The summed E-state index contributed by atoms with van der Waals surface area (Å²) in [6, 6.07) is 0. The van der Waals surface area contributed by atoms with Gasteiger partial charge in [0.15, 0.2) is 11.7 Å². The van der Waals surface area contributed by atoms with E-state index in [1.54, 1.807) is 0 Å². The van der Waals surface area contributed by atoms with E-state index in [4.69, 9.17) is 22.6 Å². The second-order valence-electron chi connectivity index (χ2n) is 1.99. The van der Waals surface area contributed by atoms with Crippen LogP contribution in [0.4, 0.5) is 0 Å². The third kappa shape index (κ3) is 3.32. The summed E-state index contributed by atoms with van der Waals surface area (Å²) in [6.45, 7) is 0. The molecule has 0 spiro atoms. The van der Waals surface area contributed by atoms with Gasteiger partial charge in [0.25, 0.3) is 0 Å². The zero-order chi connectivity index (χ0) is 10.4. The summed E-state index contributed by atoms with van der Waals surface area (Å²) in [6.07, 6.45) is 0. The molecular formula is C6H13N5O2. The van der Waals surface area contributed by atoms with E-state index in [0.717, 1.165) is 0 Å². The number of nitrogens with two attached hydrogens (primary N) is 3. The Balaban J connectivity index is 4.99. The molecule has 0 saturated heterocycles. The van der Waals surface area contributed by atoms with Gasteiger partial charge in [0.1, 0.15) is 0 Å². The molecule has 7 N–H and O–H groups in total. The first-order chi connectivity index (χ1) is 6.02. The Morgan fingerprint density at radius 1 is 1.15 bits per heavy atom. The molecule has 0 aromatic rings. The van der Waals surface area contributed by atoms with Crippen LogP contribution in [0.3, 0.4) is 0 Å². The molecule has 0 bridgehead atoms. The minimum atomic E-state index is -0.271. The molecule has 74 valence electrons. The van der Waals surface area contributed by atoms with Gasteiger partial charge in [-0.15, -0.1) is 0 Å². The minimum absolute atomic E-state index is 0.0370. The van der Waals surface area contributed by atoms with Gasteiger partial charge in [0, 0.05) is 0 Å². The molecule has 0 aliphatic heterocycles. The van der Waals surface area contributed by atoms with E-state index in [0.29, 0.717) is 0 Å². The highest BCUT2D eigenvalue weighted by molar-refractivity contribution is 5.94. The lowest BCUT2D eigenvalue weighted by Gasteiger charge is -2.06. The van der Waals surface area contributed by atoms with Crippen molar-refractivity contribution in [1.82, 2.24) is 0 Å². The molecule has 0 saturated carbocycles. The van der Waals surface area contributed by atoms with Crippen LogP contribution >= 0.6 is 0 Å². The fourth-order valence-electron chi connectivity index (χ4n) is 0.540. The summed E-state index contributed by atoms with van der Waals surface area (Å²) in [5.41, 5.74) is 15.5. The van der Waals surface area contributed by atoms with Gasteiger partial charge < -0.3 is 26.7 Å². The molecule has 0 aromatic heterocycles. The van der Waals surface area contributed by atoms with Crippen molar-refractivity contribution < 1.29 is 9.47 Å². The summed E-state index contributed by atoms with van der Waals surface area (Å²) in [5, 5.41) is 7.26. The fourth-order valence-corrected chi connectivity index (χ4v) is 0.540. The van der Waals surface area contributed by atoms with Crippen LogP contribution in [-0.4, -0.2) is 26.1 Å². The van der Waals surface area contributed by atoms with Gasteiger partial charge in [0.05, 0.1) is 14.2 Å². The Labute approximate surface area is 75.7 Å². The summed E-state index contributed by atoms with van der Waals surface area (Å²) in [4.78, 5) is 3.57. The lowest BCUT2D eigenvalue weighted by molar-refractivity contribution is 0.281. The summed E-state index contributed by atoms with van der Waals surface area (Å²) in [7, 11) is 2.63. The lowest BCUT2D eigenvalue weighted by Crippen LogP contribution is -2.25. The number of nitrogens with zero attached hydrogens (tertiary/aromatic N) is 1. The maximum absolute atomic E-state index is 7.26. The van der Waals surface area contributed by atoms with Crippen LogP contribution in [0.25, 0.3) is 0 Å². The zero-order valence-electron chi connectivity index (χ0n) is 7.50. The van der Waals surface area contributed by atoms with Crippen molar-refractivity contribution in [2.24, 2.45) is 22.2 Å². The molecule has 0 aromatic carbocycles. The van der Waals surface area contributed by atoms with Crippen LogP contribution in [0, 0.1) is 5.41 Å². The van der Waals surface area contributed by atoms with Crippen LogP contribution in [0.5, 0.6) is 0 Å². The lowest BCUT2D eigenvalue weighted by atomic mass is 10.4. The van der Waals surface area contributed by atoms with Crippen molar-refractivity contribution >= 4 is 11.9 Å². The average molecular weight is 187 g/mol. The number of nitrogens with one attached hydrogen (secondary N) is 1. The summed E-state index contributed by atoms with van der Waals surface area (Å²) >= 11 is 0. The average Bonchev–Trinajstić information content (AvgIpc) is 2.11. The second-order valence-corrected chi connectivity index (χ2v) is 1.99. The molecule has 0 aliphatic carbocycles. The van der Waals surface area contributed by atoms with E-state index in [1.807, 2.05) is 0 Å². The van der Waals surface area contributed by atoms with E-state index < -0.39 is 0 Å². The molecule has 0 rings (SSSR count). The van der Waals surface area contributed by atoms with Crippen molar-refractivity contribution in [2.45, 2.75) is 0 Å². The third-order valence-corrected chi connectivity index (χ3v) is 1.11. The second kappa shape index (κ2) is 4.86. The predicted octanol–water partition coefficient (Wildman–Crippen LogP) is -1.34. The van der Waals surface area contributed by atoms with E-state index in [-0.39, 0.29) is 23.4 Å². The quantitative estimate of drug-likeness (QED) is 0.246. The number of methoxy groups -OCH3 is 2. The highest BCUT2D eigenvalue weighted by Gasteiger charge is 2.10. The highest BCUT2D eigenvalue weighted by Crippen LogP contribution is 2.03. The number of ether oxygens (including phenoxy) is 2. The molecule has 13 heavy (non-hydrogen) atoms. The Morgan fingerprint density at radius 2 is 1.69 bits per heavy atom. The molecule has 0 amide bonds. The Kier molecular flexibility index (Phi) is 4.14. The molecule has 7 nitrogen and oxygen atoms in total. The van der Waals surface area contributed by atoms with E-state index in [2.05, 4.69) is 14.5 Å². The first-order valence-corrected chi connectivity index (χ1v) is 3.29. The topological polar surface area (TPSA) is 133 Å². The van der Waals surface area contributed by atoms with Crippen molar-refractivity contribution in [2.75, 3.05) is 14.2 Å². The number of guanidine groups is 1. The summed E-state index contributed by atoms with van der Waals surface area (Å²) in [5.74, 6) is -0.579. The first-order valence-electron chi connectivity index (χ1n) is 3.29. The molecule has 7 heteroatoms. The molecule has 0 heterocycles. The predicted molar refractivity (Wildman–Crippen MR) is 48.8 cm³/mol. The number of rotatable bonds is 3. The van der Waals surface area contributed by atoms with Crippen molar-refractivity contribution in [3.63, 3.8) is 0 Å². The smallest absolute Gasteiger partial charge is 0.237 e. The van der Waals surface area contributed by atoms with Crippen molar-refractivity contribution in [3.8, 4) is 0 Å². The highest BCUT2D eigenvalue weighted by atomic mass is 16.5. The van der Waals surface area contributed by atoms with E-state index in [9.17, 15) is 0 Å². The normalized spacial score (nSPS) is 11.2. The summed E-state index contributed by atoms with van der Waals surface area (Å²) < 4.78 is 9.24. The van der Waals surface area contributed by atoms with Crippen LogP contribution in [0.15, 0.2) is 16.6 Å². The fraction of sp³-hybridized carbons (Fsp3) is 0.333. The van der Waals surface area contributed by atoms with Crippen LogP contribution in [0.1, 0.15) is 0 Å². The van der Waals surface area contributed by atoms with Gasteiger partial charge in [0.2, 0.25) is 11.8 Å². The number of hydrogen-bond donors (Lipinski definition) is 4.